The van der Waals surface area contributed by atoms with Gasteiger partial charge in [0.15, 0.2) is 0 Å². The maximum atomic E-state index is 6.25. The molecule has 1 saturated heterocycles. The zero-order valence-corrected chi connectivity index (χ0v) is 12.8. The summed E-state index contributed by atoms with van der Waals surface area (Å²) in [5, 5.41) is 0. The predicted molar refractivity (Wildman–Crippen MR) is 81.7 cm³/mol. The van der Waals surface area contributed by atoms with Crippen molar-refractivity contribution >= 4 is 0 Å². The molecule has 1 heterocycles. The average molecular weight is 291 g/mol. The molecule has 1 spiro atoms. The molecule has 1 aliphatic carbocycles. The lowest BCUT2D eigenvalue weighted by Gasteiger charge is -2.38. The van der Waals surface area contributed by atoms with Gasteiger partial charge in [0.05, 0.1) is 19.3 Å². The van der Waals surface area contributed by atoms with Gasteiger partial charge in [-0.2, -0.15) is 0 Å². The van der Waals surface area contributed by atoms with Crippen LogP contribution in [0, 0.1) is 0 Å². The highest BCUT2D eigenvalue weighted by Crippen LogP contribution is 2.41. The van der Waals surface area contributed by atoms with E-state index in [1.165, 1.54) is 25.7 Å². The molecule has 1 aliphatic heterocycles. The molecule has 2 N–H and O–H groups in total. The summed E-state index contributed by atoms with van der Waals surface area (Å²) in [5.74, 6) is 1.71. The van der Waals surface area contributed by atoms with Crippen LogP contribution in [0.4, 0.5) is 0 Å². The van der Waals surface area contributed by atoms with Gasteiger partial charge in [0.25, 0.3) is 0 Å². The van der Waals surface area contributed by atoms with Gasteiger partial charge in [-0.3, -0.25) is 0 Å². The monoisotopic (exact) mass is 291 g/mol. The topological polar surface area (TPSA) is 53.7 Å². The first kappa shape index (κ1) is 14.7. The normalized spacial score (nSPS) is 24.2. The van der Waals surface area contributed by atoms with Crippen LogP contribution in [0.1, 0.15) is 44.1 Å². The number of rotatable bonds is 4. The molecule has 1 aromatic carbocycles. The molecule has 1 saturated carbocycles. The molecule has 4 nitrogen and oxygen atoms in total. The van der Waals surface area contributed by atoms with Crippen LogP contribution in [0.15, 0.2) is 18.2 Å². The number of nitrogens with two attached hydrogens (primary N) is 1. The van der Waals surface area contributed by atoms with E-state index < -0.39 is 0 Å². The standard InChI is InChI=1S/C17H25NO3/c1-19-14-4-5-16(13(10-14)12-18)21-15-6-9-20-17(11-15)7-2-3-8-17/h4-5,10,15H,2-3,6-9,11-12,18H2,1H3. The second-order valence-corrected chi connectivity index (χ2v) is 6.15. The zero-order chi connectivity index (χ0) is 14.7. The lowest BCUT2D eigenvalue weighted by Crippen LogP contribution is -2.41. The molecule has 2 aliphatic rings. The first-order valence-corrected chi connectivity index (χ1v) is 7.92. The Labute approximate surface area is 126 Å². The zero-order valence-electron chi connectivity index (χ0n) is 12.8. The Balaban J connectivity index is 1.71. The maximum absolute atomic E-state index is 6.25. The van der Waals surface area contributed by atoms with Crippen molar-refractivity contribution in [3.8, 4) is 11.5 Å². The Kier molecular flexibility index (Phi) is 4.36. The molecule has 21 heavy (non-hydrogen) atoms. The Morgan fingerprint density at radius 2 is 2.14 bits per heavy atom. The van der Waals surface area contributed by atoms with Crippen LogP contribution < -0.4 is 15.2 Å². The van der Waals surface area contributed by atoms with Gasteiger partial charge >= 0.3 is 0 Å². The van der Waals surface area contributed by atoms with Crippen molar-refractivity contribution < 1.29 is 14.2 Å². The van der Waals surface area contributed by atoms with Crippen LogP contribution >= 0.6 is 0 Å². The van der Waals surface area contributed by atoms with Crippen LogP contribution in [-0.4, -0.2) is 25.4 Å². The van der Waals surface area contributed by atoms with E-state index in [0.717, 1.165) is 36.5 Å². The van der Waals surface area contributed by atoms with Crippen LogP contribution in [0.25, 0.3) is 0 Å². The van der Waals surface area contributed by atoms with Crippen LogP contribution in [-0.2, 0) is 11.3 Å². The fourth-order valence-electron chi connectivity index (χ4n) is 3.59. The smallest absolute Gasteiger partial charge is 0.124 e. The van der Waals surface area contributed by atoms with E-state index in [2.05, 4.69) is 0 Å². The number of methoxy groups -OCH3 is 1. The third-order valence-electron chi connectivity index (χ3n) is 4.74. The largest absolute Gasteiger partial charge is 0.497 e. The first-order valence-electron chi connectivity index (χ1n) is 7.92. The second-order valence-electron chi connectivity index (χ2n) is 6.15. The Morgan fingerprint density at radius 3 is 2.86 bits per heavy atom. The molecule has 116 valence electrons. The summed E-state index contributed by atoms with van der Waals surface area (Å²) in [5.41, 5.74) is 6.92. The molecule has 2 fully saturated rings. The van der Waals surface area contributed by atoms with Crippen molar-refractivity contribution in [3.63, 3.8) is 0 Å². The van der Waals surface area contributed by atoms with Gasteiger partial charge < -0.3 is 19.9 Å². The molecule has 1 unspecified atom stereocenters. The second kappa shape index (κ2) is 6.24. The van der Waals surface area contributed by atoms with Crippen LogP contribution in [0.5, 0.6) is 11.5 Å². The molecule has 4 heteroatoms. The molecule has 0 aromatic heterocycles. The minimum atomic E-state index is 0.0816. The number of hydrogen-bond donors (Lipinski definition) is 1. The fourth-order valence-corrected chi connectivity index (χ4v) is 3.59. The molecular weight excluding hydrogens is 266 g/mol. The summed E-state index contributed by atoms with van der Waals surface area (Å²) in [6.07, 6.45) is 7.11. The van der Waals surface area contributed by atoms with Gasteiger partial charge in [-0.1, -0.05) is 12.8 Å². The summed E-state index contributed by atoms with van der Waals surface area (Å²) in [7, 11) is 1.67. The summed E-state index contributed by atoms with van der Waals surface area (Å²) < 4.78 is 17.6. The van der Waals surface area contributed by atoms with Gasteiger partial charge in [0.1, 0.15) is 17.6 Å². The average Bonchev–Trinajstić information content (AvgIpc) is 2.95. The lowest BCUT2D eigenvalue weighted by atomic mass is 9.90. The van der Waals surface area contributed by atoms with Crippen LogP contribution in [0.3, 0.4) is 0 Å². The van der Waals surface area contributed by atoms with Gasteiger partial charge in [0.2, 0.25) is 0 Å². The molecule has 1 atom stereocenters. The lowest BCUT2D eigenvalue weighted by molar-refractivity contribution is -0.108. The number of benzene rings is 1. The molecule has 3 rings (SSSR count). The van der Waals surface area contributed by atoms with E-state index in [1.54, 1.807) is 7.11 Å². The summed E-state index contributed by atoms with van der Waals surface area (Å²) in [6, 6.07) is 5.86. The highest BCUT2D eigenvalue weighted by atomic mass is 16.5. The molecule has 0 amide bonds. The van der Waals surface area contributed by atoms with E-state index in [-0.39, 0.29) is 11.7 Å². The van der Waals surface area contributed by atoms with E-state index in [4.69, 9.17) is 19.9 Å². The van der Waals surface area contributed by atoms with E-state index in [0.29, 0.717) is 6.54 Å². The van der Waals surface area contributed by atoms with Crippen molar-refractivity contribution in [2.75, 3.05) is 13.7 Å². The summed E-state index contributed by atoms with van der Waals surface area (Å²) in [4.78, 5) is 0. The van der Waals surface area contributed by atoms with Crippen LogP contribution in [0.2, 0.25) is 0 Å². The predicted octanol–water partition coefficient (Wildman–Crippen LogP) is 3.02. The van der Waals surface area contributed by atoms with Crippen molar-refractivity contribution in [2.24, 2.45) is 5.73 Å². The van der Waals surface area contributed by atoms with Gasteiger partial charge in [-0.25, -0.2) is 0 Å². The molecule has 0 radical (unpaired) electrons. The van der Waals surface area contributed by atoms with Crippen molar-refractivity contribution in [2.45, 2.75) is 56.8 Å². The SMILES string of the molecule is COc1ccc(OC2CCOC3(CCCC3)C2)c(CN)c1. The summed E-state index contributed by atoms with van der Waals surface area (Å²) in [6.45, 7) is 1.26. The molecular formula is C17H25NO3. The molecule has 0 bridgehead atoms. The van der Waals surface area contributed by atoms with Gasteiger partial charge in [0, 0.05) is 24.9 Å². The third-order valence-corrected chi connectivity index (χ3v) is 4.74. The van der Waals surface area contributed by atoms with Crippen molar-refractivity contribution in [1.82, 2.24) is 0 Å². The minimum Gasteiger partial charge on any atom is -0.497 e. The quantitative estimate of drug-likeness (QED) is 0.926. The third kappa shape index (κ3) is 3.16. The molecule has 1 aromatic rings. The fraction of sp³-hybridized carbons (Fsp3) is 0.647. The number of hydrogen-bond acceptors (Lipinski definition) is 4. The van der Waals surface area contributed by atoms with Crippen molar-refractivity contribution in [3.05, 3.63) is 23.8 Å². The minimum absolute atomic E-state index is 0.0816. The van der Waals surface area contributed by atoms with Gasteiger partial charge in [-0.15, -0.1) is 0 Å². The van der Waals surface area contributed by atoms with E-state index in [1.807, 2.05) is 18.2 Å². The maximum Gasteiger partial charge on any atom is 0.124 e. The first-order chi connectivity index (χ1) is 10.2. The highest BCUT2D eigenvalue weighted by molar-refractivity contribution is 5.40. The van der Waals surface area contributed by atoms with E-state index >= 15 is 0 Å². The van der Waals surface area contributed by atoms with E-state index in [9.17, 15) is 0 Å². The van der Waals surface area contributed by atoms with Crippen molar-refractivity contribution in [1.29, 1.82) is 0 Å². The number of ether oxygens (including phenoxy) is 3. The Bertz CT molecular complexity index is 483. The highest BCUT2D eigenvalue weighted by Gasteiger charge is 2.40. The van der Waals surface area contributed by atoms with Gasteiger partial charge in [-0.05, 0) is 31.0 Å². The Hall–Kier alpha value is -1.26. The summed E-state index contributed by atoms with van der Waals surface area (Å²) >= 11 is 0. The Morgan fingerprint density at radius 1 is 1.33 bits per heavy atom.